The van der Waals surface area contributed by atoms with E-state index >= 15 is 0 Å². The largest absolute Gasteiger partial charge is 0.480 e. The zero-order valence-corrected chi connectivity index (χ0v) is 11.1. The van der Waals surface area contributed by atoms with Gasteiger partial charge in [-0.2, -0.15) is 0 Å². The molecule has 0 saturated heterocycles. The second-order valence-electron chi connectivity index (χ2n) is 4.65. The van der Waals surface area contributed by atoms with Gasteiger partial charge in [0.25, 0.3) is 0 Å². The summed E-state index contributed by atoms with van der Waals surface area (Å²) in [4.78, 5) is 33.2. The first-order valence-corrected chi connectivity index (χ1v) is 6.14. The first-order valence-electron chi connectivity index (χ1n) is 6.14. The highest BCUT2D eigenvalue weighted by Crippen LogP contribution is 2.13. The van der Waals surface area contributed by atoms with Gasteiger partial charge in [-0.3, -0.25) is 9.59 Å². The van der Waals surface area contributed by atoms with Crippen molar-refractivity contribution in [1.29, 1.82) is 0 Å². The molecule has 6 nitrogen and oxygen atoms in total. The van der Waals surface area contributed by atoms with Crippen molar-refractivity contribution in [2.24, 2.45) is 5.73 Å². The monoisotopic (exact) mass is 279 g/mol. The highest BCUT2D eigenvalue weighted by molar-refractivity contribution is 5.90. The number of carbonyl (C=O) groups excluding carboxylic acids is 1. The van der Waals surface area contributed by atoms with Crippen LogP contribution in [0.1, 0.15) is 34.3 Å². The lowest BCUT2D eigenvalue weighted by molar-refractivity contribution is -0.138. The predicted molar refractivity (Wildman–Crippen MR) is 71.7 cm³/mol. The molecule has 108 valence electrons. The van der Waals surface area contributed by atoms with Crippen LogP contribution in [-0.2, 0) is 16.0 Å². The van der Waals surface area contributed by atoms with Gasteiger partial charge in [-0.25, -0.2) is 4.79 Å². The van der Waals surface area contributed by atoms with Crippen molar-refractivity contribution < 1.29 is 24.6 Å². The predicted octanol–water partition coefficient (Wildman–Crippen LogP) is 0.997. The zero-order chi connectivity index (χ0) is 15.3. The number of aliphatic carboxylic acids is 1. The molecule has 0 unspecified atom stereocenters. The minimum absolute atomic E-state index is 0.0593. The van der Waals surface area contributed by atoms with Gasteiger partial charge in [0.15, 0.2) is 0 Å². The summed E-state index contributed by atoms with van der Waals surface area (Å²) in [5.41, 5.74) is 6.70. The number of aryl methyl sites for hydroxylation is 1. The number of Topliss-reactive ketones (excluding diaryl/α,β-unsaturated/α-hetero) is 1. The van der Waals surface area contributed by atoms with Crippen LogP contribution in [0, 0.1) is 6.92 Å². The molecule has 0 spiro atoms. The van der Waals surface area contributed by atoms with Gasteiger partial charge < -0.3 is 15.9 Å². The number of ketones is 1. The third kappa shape index (κ3) is 4.47. The van der Waals surface area contributed by atoms with Crippen LogP contribution in [0.2, 0.25) is 0 Å². The average Bonchev–Trinajstić information content (AvgIpc) is 2.37. The number of carboxylic acid groups (broad SMARTS) is 2. The summed E-state index contributed by atoms with van der Waals surface area (Å²) in [6.45, 7) is 1.68. The molecule has 0 amide bonds. The Morgan fingerprint density at radius 3 is 2.45 bits per heavy atom. The van der Waals surface area contributed by atoms with E-state index in [2.05, 4.69) is 0 Å². The lowest BCUT2D eigenvalue weighted by Gasteiger charge is -2.07. The molecule has 0 aliphatic heterocycles. The molecular formula is C14H17NO5. The maximum absolute atomic E-state index is 11.7. The smallest absolute Gasteiger partial charge is 0.335 e. The molecule has 1 aromatic carbocycles. The average molecular weight is 279 g/mol. The Morgan fingerprint density at radius 2 is 1.90 bits per heavy atom. The van der Waals surface area contributed by atoms with Crippen molar-refractivity contribution in [2.45, 2.75) is 32.2 Å². The standard InChI is InChI=1S/C14H17NO5/c1-8-2-3-9(7-11(8)13(17)18)6-10(16)4-5-12(15)14(19)20/h2-3,7,12H,4-6,15H2,1H3,(H,17,18)(H,19,20)/t12-/m0/s1. The molecule has 0 bridgehead atoms. The Balaban J connectivity index is 2.65. The fourth-order valence-electron chi connectivity index (χ4n) is 1.77. The third-order valence-corrected chi connectivity index (χ3v) is 2.99. The summed E-state index contributed by atoms with van der Waals surface area (Å²) in [7, 11) is 0. The van der Waals surface area contributed by atoms with E-state index in [0.717, 1.165) is 0 Å². The first kappa shape index (κ1) is 15.8. The highest BCUT2D eigenvalue weighted by atomic mass is 16.4. The van der Waals surface area contributed by atoms with E-state index < -0.39 is 18.0 Å². The van der Waals surface area contributed by atoms with Gasteiger partial charge in [-0.05, 0) is 30.5 Å². The third-order valence-electron chi connectivity index (χ3n) is 2.99. The topological polar surface area (TPSA) is 118 Å². The Morgan fingerprint density at radius 1 is 1.25 bits per heavy atom. The van der Waals surface area contributed by atoms with E-state index in [9.17, 15) is 14.4 Å². The second-order valence-corrected chi connectivity index (χ2v) is 4.65. The van der Waals surface area contributed by atoms with Gasteiger partial charge in [-0.15, -0.1) is 0 Å². The van der Waals surface area contributed by atoms with Crippen molar-refractivity contribution in [1.82, 2.24) is 0 Å². The van der Waals surface area contributed by atoms with Gasteiger partial charge in [0.05, 0.1) is 5.56 Å². The molecule has 0 aromatic heterocycles. The molecule has 0 heterocycles. The Hall–Kier alpha value is -2.21. The van der Waals surface area contributed by atoms with Crippen LogP contribution in [0.5, 0.6) is 0 Å². The van der Waals surface area contributed by atoms with Gasteiger partial charge in [0.2, 0.25) is 0 Å². The maximum Gasteiger partial charge on any atom is 0.335 e. The molecule has 1 aromatic rings. The van der Waals surface area contributed by atoms with Gasteiger partial charge in [-0.1, -0.05) is 12.1 Å². The van der Waals surface area contributed by atoms with Crippen molar-refractivity contribution in [3.8, 4) is 0 Å². The van der Waals surface area contributed by atoms with Crippen LogP contribution in [-0.4, -0.2) is 34.0 Å². The quantitative estimate of drug-likeness (QED) is 0.685. The SMILES string of the molecule is Cc1ccc(CC(=O)CC[C@H](N)C(=O)O)cc1C(=O)O. The lowest BCUT2D eigenvalue weighted by Crippen LogP contribution is -2.30. The number of benzene rings is 1. The summed E-state index contributed by atoms with van der Waals surface area (Å²) in [6, 6.07) is 3.75. The molecule has 4 N–H and O–H groups in total. The number of hydrogen-bond acceptors (Lipinski definition) is 4. The summed E-state index contributed by atoms with van der Waals surface area (Å²) < 4.78 is 0. The fourth-order valence-corrected chi connectivity index (χ4v) is 1.77. The number of rotatable bonds is 7. The number of carboxylic acids is 2. The number of nitrogens with two attached hydrogens (primary N) is 1. The summed E-state index contributed by atoms with van der Waals surface area (Å²) in [5.74, 6) is -2.34. The number of carbonyl (C=O) groups is 3. The molecule has 1 rings (SSSR count). The van der Waals surface area contributed by atoms with Crippen molar-refractivity contribution in [3.05, 3.63) is 34.9 Å². The van der Waals surface area contributed by atoms with Crippen molar-refractivity contribution in [2.75, 3.05) is 0 Å². The van der Waals surface area contributed by atoms with E-state index in [0.29, 0.717) is 11.1 Å². The van der Waals surface area contributed by atoms with Crippen molar-refractivity contribution in [3.63, 3.8) is 0 Å². The van der Waals surface area contributed by atoms with Gasteiger partial charge >= 0.3 is 11.9 Å². The van der Waals surface area contributed by atoms with Crippen LogP contribution in [0.15, 0.2) is 18.2 Å². The van der Waals surface area contributed by atoms with Crippen LogP contribution in [0.25, 0.3) is 0 Å². The molecule has 0 fully saturated rings. The van der Waals surface area contributed by atoms with Crippen LogP contribution in [0.3, 0.4) is 0 Å². The molecule has 0 aliphatic carbocycles. The van der Waals surface area contributed by atoms with Crippen LogP contribution >= 0.6 is 0 Å². The first-order chi connectivity index (χ1) is 9.31. The number of aromatic carboxylic acids is 1. The van der Waals surface area contributed by atoms with E-state index in [-0.39, 0.29) is 30.6 Å². The van der Waals surface area contributed by atoms with E-state index in [1.54, 1.807) is 19.1 Å². The lowest BCUT2D eigenvalue weighted by atomic mass is 9.99. The zero-order valence-electron chi connectivity index (χ0n) is 11.1. The van der Waals surface area contributed by atoms with Crippen molar-refractivity contribution >= 4 is 17.7 Å². The van der Waals surface area contributed by atoms with E-state index in [1.807, 2.05) is 0 Å². The van der Waals surface area contributed by atoms with E-state index in [1.165, 1.54) is 6.07 Å². The van der Waals surface area contributed by atoms with E-state index in [4.69, 9.17) is 15.9 Å². The molecular weight excluding hydrogens is 262 g/mol. The number of hydrogen-bond donors (Lipinski definition) is 3. The Labute approximate surface area is 116 Å². The molecule has 6 heteroatoms. The molecule has 0 radical (unpaired) electrons. The Bertz CT molecular complexity index is 538. The molecule has 0 saturated carbocycles. The summed E-state index contributed by atoms with van der Waals surface area (Å²) >= 11 is 0. The van der Waals surface area contributed by atoms with Gasteiger partial charge in [0.1, 0.15) is 11.8 Å². The molecule has 20 heavy (non-hydrogen) atoms. The summed E-state index contributed by atoms with van der Waals surface area (Å²) in [5, 5.41) is 17.6. The molecule has 0 aliphatic rings. The maximum atomic E-state index is 11.7. The van der Waals surface area contributed by atoms with Gasteiger partial charge in [0, 0.05) is 12.8 Å². The minimum Gasteiger partial charge on any atom is -0.480 e. The normalized spacial score (nSPS) is 11.9. The van der Waals surface area contributed by atoms with Crippen LogP contribution in [0.4, 0.5) is 0 Å². The summed E-state index contributed by atoms with van der Waals surface area (Å²) in [6.07, 6.45) is 0.211. The highest BCUT2D eigenvalue weighted by Gasteiger charge is 2.14. The van der Waals surface area contributed by atoms with Crippen LogP contribution < -0.4 is 5.73 Å². The second kappa shape index (κ2) is 6.81. The minimum atomic E-state index is -1.14. The fraction of sp³-hybridized carbons (Fsp3) is 0.357. The molecule has 1 atom stereocenters. The Kier molecular flexibility index (Phi) is 5.40.